The van der Waals surface area contributed by atoms with Crippen LogP contribution < -0.4 is 0 Å². The smallest absolute Gasteiger partial charge is 0.199 e. The molecule has 0 aromatic rings. The van der Waals surface area contributed by atoms with E-state index >= 15 is 0 Å². The van der Waals surface area contributed by atoms with E-state index in [0.717, 1.165) is 43.3 Å². The average Bonchev–Trinajstić information content (AvgIpc) is 3.58. The third-order valence-corrected chi connectivity index (χ3v) is 8.35. The van der Waals surface area contributed by atoms with Crippen LogP contribution in [0.4, 0.5) is 0 Å². The Kier molecular flexibility index (Phi) is 12.0. The van der Waals surface area contributed by atoms with Crippen LogP contribution in [0.1, 0.15) is 79.6 Å². The van der Waals surface area contributed by atoms with Gasteiger partial charge in [-0.05, 0) is 94.1 Å². The van der Waals surface area contributed by atoms with E-state index in [9.17, 15) is 14.7 Å². The topological polar surface area (TPSA) is 78.2 Å². The third-order valence-electron chi connectivity index (χ3n) is 8.35. The van der Waals surface area contributed by atoms with E-state index in [4.69, 9.17) is 5.41 Å². The first-order valence-corrected chi connectivity index (χ1v) is 13.7. The van der Waals surface area contributed by atoms with Gasteiger partial charge >= 0.3 is 0 Å². The van der Waals surface area contributed by atoms with Gasteiger partial charge in [0, 0.05) is 25.4 Å². The highest BCUT2D eigenvalue weighted by molar-refractivity contribution is 6.43. The lowest BCUT2D eigenvalue weighted by atomic mass is 9.84. The zero-order valence-corrected chi connectivity index (χ0v) is 23.1. The molecule has 4 heteroatoms. The number of nitrogens with one attached hydrogen (secondary N) is 1. The second kappa shape index (κ2) is 14.4. The molecule has 6 atom stereocenters. The van der Waals surface area contributed by atoms with Crippen molar-refractivity contribution >= 4 is 17.3 Å². The normalized spacial score (nSPS) is 26.4. The third kappa shape index (κ3) is 8.96. The lowest BCUT2D eigenvalue weighted by molar-refractivity contribution is -0.122. The van der Waals surface area contributed by atoms with Crippen LogP contribution in [0.3, 0.4) is 0 Å². The molecule has 0 aliphatic heterocycles. The zero-order valence-electron chi connectivity index (χ0n) is 23.1. The zero-order chi connectivity index (χ0) is 26.8. The number of allylic oxidation sites excluding steroid dienone is 9. The summed E-state index contributed by atoms with van der Waals surface area (Å²) in [5.74, 6) is 2.50. The Labute approximate surface area is 218 Å². The standard InChI is InChI=1S/C32H47NO3/c1-7-24(11-9-21(3)4)18-30(33)31(35)16-10-22(5)23(6)17-25(8-2)19-32(36)26-12-14-27-28(15-13-26)29(27)20-34/h7-11,16,22-23,26-29,33-34H,3,12-15,17-20H2,1-2,4-6H3/b11-9-,16-10+,24-7+,25-8+,33-30?/t22?,23?,26?,27-,28+,29+. The van der Waals surface area contributed by atoms with Crippen molar-refractivity contribution in [1.82, 2.24) is 0 Å². The summed E-state index contributed by atoms with van der Waals surface area (Å²) in [6.45, 7) is 14.2. The van der Waals surface area contributed by atoms with Crippen LogP contribution in [0.15, 0.2) is 59.8 Å². The number of carbonyl (C=O) groups excluding carboxylic acids is 2. The molecule has 2 N–H and O–H groups in total. The predicted molar refractivity (Wildman–Crippen MR) is 150 cm³/mol. The number of aliphatic hydroxyl groups excluding tert-OH is 1. The van der Waals surface area contributed by atoms with Gasteiger partial charge in [-0.25, -0.2) is 0 Å². The second-order valence-corrected chi connectivity index (χ2v) is 11.1. The molecule has 0 saturated heterocycles. The maximum absolute atomic E-state index is 13.0. The minimum atomic E-state index is -0.256. The first kappa shape index (κ1) is 29.9. The van der Waals surface area contributed by atoms with Crippen molar-refractivity contribution < 1.29 is 14.7 Å². The monoisotopic (exact) mass is 493 g/mol. The molecule has 0 amide bonds. The minimum Gasteiger partial charge on any atom is -0.396 e. The molecular weight excluding hydrogens is 446 g/mol. The highest BCUT2D eigenvalue weighted by Crippen LogP contribution is 2.54. The van der Waals surface area contributed by atoms with Crippen LogP contribution in [0.5, 0.6) is 0 Å². The highest BCUT2D eigenvalue weighted by atomic mass is 16.3. The molecule has 2 saturated carbocycles. The van der Waals surface area contributed by atoms with Crippen molar-refractivity contribution in [2.75, 3.05) is 6.61 Å². The van der Waals surface area contributed by atoms with Crippen molar-refractivity contribution in [1.29, 1.82) is 5.41 Å². The Balaban J connectivity index is 1.82. The SMILES string of the molecule is C=C(C)/C=C\C(=C/C)CC(=N)C(=O)/C=C/C(C)C(C)C/C(=C\C)CC(=O)C1CC[C@@H]2[C@@H](CO)[C@@H]2CC1. The van der Waals surface area contributed by atoms with Gasteiger partial charge in [0.05, 0.1) is 5.71 Å². The molecule has 2 aliphatic carbocycles. The molecule has 0 radical (unpaired) electrons. The number of hydrogen-bond acceptors (Lipinski definition) is 4. The first-order chi connectivity index (χ1) is 17.1. The Hall–Kier alpha value is -2.33. The van der Waals surface area contributed by atoms with E-state index < -0.39 is 0 Å². The Morgan fingerprint density at radius 2 is 1.64 bits per heavy atom. The Morgan fingerprint density at radius 1 is 1.00 bits per heavy atom. The number of hydrogen-bond donors (Lipinski definition) is 2. The predicted octanol–water partition coefficient (Wildman–Crippen LogP) is 7.21. The van der Waals surface area contributed by atoms with Crippen LogP contribution in [-0.2, 0) is 9.59 Å². The molecule has 0 heterocycles. The molecule has 2 fully saturated rings. The van der Waals surface area contributed by atoms with E-state index in [-0.39, 0.29) is 23.3 Å². The number of rotatable bonds is 14. The summed E-state index contributed by atoms with van der Waals surface area (Å²) < 4.78 is 0. The van der Waals surface area contributed by atoms with E-state index in [1.165, 1.54) is 11.6 Å². The van der Waals surface area contributed by atoms with Gasteiger partial charge in [0.15, 0.2) is 5.78 Å². The molecule has 3 unspecified atom stereocenters. The van der Waals surface area contributed by atoms with Crippen molar-refractivity contribution in [2.24, 2.45) is 35.5 Å². The van der Waals surface area contributed by atoms with E-state index in [0.29, 0.717) is 48.9 Å². The van der Waals surface area contributed by atoms with Crippen LogP contribution in [0, 0.1) is 40.9 Å². The molecule has 2 rings (SSSR count). The maximum Gasteiger partial charge on any atom is 0.199 e. The number of fused-ring (bicyclic) bond motifs is 1. The maximum atomic E-state index is 13.0. The van der Waals surface area contributed by atoms with Crippen molar-refractivity contribution in [3.05, 3.63) is 59.8 Å². The van der Waals surface area contributed by atoms with Gasteiger partial charge in [-0.1, -0.05) is 62.0 Å². The van der Waals surface area contributed by atoms with Gasteiger partial charge < -0.3 is 10.5 Å². The summed E-state index contributed by atoms with van der Waals surface area (Å²) in [7, 11) is 0. The Morgan fingerprint density at radius 3 is 2.17 bits per heavy atom. The number of ketones is 2. The molecule has 36 heavy (non-hydrogen) atoms. The number of Topliss-reactive ketones (excluding diaryl/α,β-unsaturated/α-hetero) is 1. The molecule has 198 valence electrons. The Bertz CT molecular complexity index is 921. The molecule has 4 nitrogen and oxygen atoms in total. The second-order valence-electron chi connectivity index (χ2n) is 11.1. The van der Waals surface area contributed by atoms with Crippen LogP contribution in [0.2, 0.25) is 0 Å². The highest BCUT2D eigenvalue weighted by Gasteiger charge is 2.50. The van der Waals surface area contributed by atoms with Gasteiger partial charge in [0.1, 0.15) is 5.78 Å². The van der Waals surface area contributed by atoms with Gasteiger partial charge in [-0.3, -0.25) is 9.59 Å². The van der Waals surface area contributed by atoms with E-state index in [1.54, 1.807) is 0 Å². The van der Waals surface area contributed by atoms with Gasteiger partial charge in [-0.15, -0.1) is 0 Å². The lowest BCUT2D eigenvalue weighted by Crippen LogP contribution is -2.17. The molecule has 0 aromatic carbocycles. The summed E-state index contributed by atoms with van der Waals surface area (Å²) in [6, 6.07) is 0. The quantitative estimate of drug-likeness (QED) is 0.116. The van der Waals surface area contributed by atoms with Crippen molar-refractivity contribution in [3.63, 3.8) is 0 Å². The van der Waals surface area contributed by atoms with E-state index in [2.05, 4.69) is 26.5 Å². The number of carbonyl (C=O) groups is 2. The van der Waals surface area contributed by atoms with Crippen molar-refractivity contribution in [2.45, 2.75) is 79.6 Å². The minimum absolute atomic E-state index is 0.0802. The molecule has 2 aliphatic rings. The van der Waals surface area contributed by atoms with E-state index in [1.807, 2.05) is 45.1 Å². The summed E-state index contributed by atoms with van der Waals surface area (Å²) in [5, 5.41) is 17.6. The molecule has 0 spiro atoms. The van der Waals surface area contributed by atoms with Gasteiger partial charge in [-0.2, -0.15) is 0 Å². The number of aliphatic hydroxyl groups is 1. The lowest BCUT2D eigenvalue weighted by Gasteiger charge is -2.20. The fourth-order valence-electron chi connectivity index (χ4n) is 5.49. The summed E-state index contributed by atoms with van der Waals surface area (Å²) in [5.41, 5.74) is 3.11. The van der Waals surface area contributed by atoms with Crippen LogP contribution in [0.25, 0.3) is 0 Å². The van der Waals surface area contributed by atoms with Crippen LogP contribution in [-0.4, -0.2) is 29.0 Å². The molecule has 0 bridgehead atoms. The van der Waals surface area contributed by atoms with Crippen molar-refractivity contribution in [3.8, 4) is 0 Å². The van der Waals surface area contributed by atoms with Crippen LogP contribution >= 0.6 is 0 Å². The van der Waals surface area contributed by atoms with Gasteiger partial charge in [0.2, 0.25) is 0 Å². The molecular formula is C32H47NO3. The molecule has 0 aromatic heterocycles. The average molecular weight is 494 g/mol. The first-order valence-electron chi connectivity index (χ1n) is 13.7. The fraction of sp³-hybridized carbons (Fsp3) is 0.594. The summed E-state index contributed by atoms with van der Waals surface area (Å²) >= 11 is 0. The summed E-state index contributed by atoms with van der Waals surface area (Å²) in [6.07, 6.45) is 17.0. The summed E-state index contributed by atoms with van der Waals surface area (Å²) in [4.78, 5) is 25.5. The fourth-order valence-corrected chi connectivity index (χ4v) is 5.49. The van der Waals surface area contributed by atoms with Gasteiger partial charge in [0.25, 0.3) is 0 Å². The largest absolute Gasteiger partial charge is 0.396 e.